The van der Waals surface area contributed by atoms with Crippen molar-refractivity contribution in [1.82, 2.24) is 4.98 Å². The molecule has 1 aromatic rings. The first-order valence-corrected chi connectivity index (χ1v) is 5.02. The largest absolute Gasteiger partial charge is 0.478 e. The molecule has 0 radical (unpaired) electrons. The normalized spacial score (nSPS) is 13.5. The van der Waals surface area contributed by atoms with Crippen molar-refractivity contribution < 1.29 is 22.7 Å². The Morgan fingerprint density at radius 3 is 2.57 bits per heavy atom. The van der Waals surface area contributed by atoms with Crippen LogP contribution in [-0.4, -0.2) is 30.0 Å². The van der Waals surface area contributed by atoms with Crippen LogP contribution in [0, 0.1) is 0 Å². The average Bonchev–Trinajstić information content (AvgIpc) is 2.18. The van der Waals surface area contributed by atoms with Crippen LogP contribution in [0.2, 0.25) is 0 Å². The second-order valence-corrected chi connectivity index (χ2v) is 4.29. The topological polar surface area (TPSA) is 84.3 Å². The number of rotatable bonds is 3. The van der Waals surface area contributed by atoms with Crippen LogP contribution in [0.4, 0.5) is 4.39 Å². The van der Waals surface area contributed by atoms with Crippen LogP contribution in [0.5, 0.6) is 0 Å². The van der Waals surface area contributed by atoms with Gasteiger partial charge in [-0.1, -0.05) is 6.07 Å². The summed E-state index contributed by atoms with van der Waals surface area (Å²) in [5, 5.41) is 7.61. The van der Waals surface area contributed by atoms with Crippen molar-refractivity contribution in [2.45, 2.75) is 10.5 Å². The molecule has 0 fully saturated rings. The van der Waals surface area contributed by atoms with Gasteiger partial charge in [-0.3, -0.25) is 0 Å². The first-order chi connectivity index (χ1) is 6.46. The molecular weight excluding hydrogens is 213 g/mol. The molecular formula is C7H6FNO4S. The van der Waals surface area contributed by atoms with E-state index in [1.54, 1.807) is 0 Å². The molecule has 0 saturated heterocycles. The summed E-state index contributed by atoms with van der Waals surface area (Å²) in [6.45, 7) is 0. The highest BCUT2D eigenvalue weighted by molar-refractivity contribution is 7.92. The molecule has 14 heavy (non-hydrogen) atoms. The summed E-state index contributed by atoms with van der Waals surface area (Å²) in [6.07, 6.45) is 1.14. The van der Waals surface area contributed by atoms with Gasteiger partial charge in [0.05, 0.1) is 0 Å². The van der Waals surface area contributed by atoms with Gasteiger partial charge in [0.1, 0.15) is 0 Å². The zero-order chi connectivity index (χ0) is 10.8. The highest BCUT2D eigenvalue weighted by Crippen LogP contribution is 2.13. The lowest BCUT2D eigenvalue weighted by molar-refractivity contribution is -0.139. The fourth-order valence-corrected chi connectivity index (χ4v) is 1.71. The maximum atomic E-state index is 12.8. The van der Waals surface area contributed by atoms with Crippen molar-refractivity contribution in [2.75, 3.05) is 0 Å². The summed E-state index contributed by atoms with van der Waals surface area (Å²) in [6, 6.07) is 3.80. The Labute approximate surface area is 79.1 Å². The number of aliphatic carboxylic acids is 1. The predicted molar refractivity (Wildman–Crippen MR) is 44.0 cm³/mol. The van der Waals surface area contributed by atoms with Crippen LogP contribution < -0.4 is 0 Å². The van der Waals surface area contributed by atoms with E-state index in [4.69, 9.17) is 5.11 Å². The Bertz CT molecular complexity index is 430. The minimum absolute atomic E-state index is 0.588. The zero-order valence-electron chi connectivity index (χ0n) is 6.79. The van der Waals surface area contributed by atoms with Crippen molar-refractivity contribution in [1.29, 1.82) is 0 Å². The third-order valence-corrected chi connectivity index (χ3v) is 2.97. The molecule has 0 aliphatic heterocycles. The van der Waals surface area contributed by atoms with Crippen LogP contribution in [0.3, 0.4) is 0 Å². The van der Waals surface area contributed by atoms with E-state index in [0.29, 0.717) is 0 Å². The van der Waals surface area contributed by atoms with E-state index >= 15 is 0 Å². The standard InChI is InChI=1S/C7H6FNO4S/c8-6(7(10)11)14(12,13)5-3-1-2-4-9-5/h1-4,6H,(H,10,11). The van der Waals surface area contributed by atoms with Crippen molar-refractivity contribution in [3.8, 4) is 0 Å². The number of pyridine rings is 1. The average molecular weight is 219 g/mol. The quantitative estimate of drug-likeness (QED) is 0.786. The summed E-state index contributed by atoms with van der Waals surface area (Å²) < 4.78 is 35.1. The van der Waals surface area contributed by atoms with Gasteiger partial charge in [-0.2, -0.15) is 0 Å². The van der Waals surface area contributed by atoms with E-state index < -0.39 is 26.3 Å². The van der Waals surface area contributed by atoms with Gasteiger partial charge in [0, 0.05) is 6.20 Å². The van der Waals surface area contributed by atoms with E-state index in [-0.39, 0.29) is 0 Å². The molecule has 0 aromatic carbocycles. The maximum Gasteiger partial charge on any atom is 0.354 e. The third-order valence-electron chi connectivity index (χ3n) is 1.40. The minimum atomic E-state index is -4.52. The predicted octanol–water partition coefficient (Wildman–Crippen LogP) is 0.235. The zero-order valence-corrected chi connectivity index (χ0v) is 7.61. The van der Waals surface area contributed by atoms with E-state index in [9.17, 15) is 17.6 Å². The van der Waals surface area contributed by atoms with Crippen molar-refractivity contribution in [2.24, 2.45) is 0 Å². The number of hydrogen-bond donors (Lipinski definition) is 1. The van der Waals surface area contributed by atoms with Gasteiger partial charge in [-0.15, -0.1) is 0 Å². The molecule has 1 N–H and O–H groups in total. The highest BCUT2D eigenvalue weighted by atomic mass is 32.2. The Balaban J connectivity index is 3.16. The molecule has 0 saturated carbocycles. The second kappa shape index (κ2) is 3.70. The van der Waals surface area contributed by atoms with Crippen molar-refractivity contribution >= 4 is 15.8 Å². The lowest BCUT2D eigenvalue weighted by Gasteiger charge is -2.03. The van der Waals surface area contributed by atoms with Gasteiger partial charge >= 0.3 is 11.5 Å². The summed E-state index contributed by atoms with van der Waals surface area (Å²) in [7, 11) is -4.52. The number of sulfone groups is 1. The van der Waals surface area contributed by atoms with Crippen LogP contribution >= 0.6 is 0 Å². The lowest BCUT2D eigenvalue weighted by atomic mass is 10.5. The monoisotopic (exact) mass is 219 g/mol. The molecule has 1 unspecified atom stereocenters. The fourth-order valence-electron chi connectivity index (χ4n) is 0.754. The molecule has 0 aliphatic rings. The van der Waals surface area contributed by atoms with E-state index in [2.05, 4.69) is 4.98 Å². The maximum absolute atomic E-state index is 12.8. The molecule has 0 spiro atoms. The molecule has 0 amide bonds. The number of hydrogen-bond acceptors (Lipinski definition) is 4. The van der Waals surface area contributed by atoms with Crippen LogP contribution in [0.15, 0.2) is 29.4 Å². The first-order valence-electron chi connectivity index (χ1n) is 3.48. The van der Waals surface area contributed by atoms with Gasteiger partial charge in [-0.05, 0) is 12.1 Å². The first kappa shape index (κ1) is 10.6. The number of alkyl halides is 1. The van der Waals surface area contributed by atoms with E-state index in [1.165, 1.54) is 12.1 Å². The van der Waals surface area contributed by atoms with Crippen LogP contribution in [0.1, 0.15) is 0 Å². The van der Waals surface area contributed by atoms with Crippen LogP contribution in [0.25, 0.3) is 0 Å². The number of carbonyl (C=O) groups is 1. The molecule has 0 bridgehead atoms. The van der Waals surface area contributed by atoms with Crippen molar-refractivity contribution in [3.63, 3.8) is 0 Å². The Kier molecular flexibility index (Phi) is 2.80. The SMILES string of the molecule is O=C(O)C(F)S(=O)(=O)c1ccccn1. The summed E-state index contributed by atoms with van der Waals surface area (Å²) in [5.41, 5.74) is -2.97. The van der Waals surface area contributed by atoms with Gasteiger partial charge in [0.25, 0.3) is 0 Å². The molecule has 0 aliphatic carbocycles. The summed E-state index contributed by atoms with van der Waals surface area (Å²) in [4.78, 5) is 13.5. The molecule has 1 rings (SSSR count). The van der Waals surface area contributed by atoms with E-state index in [0.717, 1.165) is 12.3 Å². The number of halogens is 1. The van der Waals surface area contributed by atoms with Gasteiger partial charge in [-0.25, -0.2) is 22.6 Å². The molecule has 1 atom stereocenters. The number of nitrogens with zero attached hydrogens (tertiary/aromatic N) is 1. The van der Waals surface area contributed by atoms with Gasteiger partial charge < -0.3 is 5.11 Å². The minimum Gasteiger partial charge on any atom is -0.478 e. The van der Waals surface area contributed by atoms with Crippen LogP contribution in [-0.2, 0) is 14.6 Å². The van der Waals surface area contributed by atoms with Gasteiger partial charge in [0.15, 0.2) is 5.03 Å². The van der Waals surface area contributed by atoms with Gasteiger partial charge in [0.2, 0.25) is 9.84 Å². The Morgan fingerprint density at radius 2 is 2.14 bits per heavy atom. The molecule has 1 heterocycles. The van der Waals surface area contributed by atoms with Crippen molar-refractivity contribution in [3.05, 3.63) is 24.4 Å². The number of carboxylic acid groups (broad SMARTS) is 1. The Hall–Kier alpha value is -1.50. The molecule has 76 valence electrons. The lowest BCUT2D eigenvalue weighted by Crippen LogP contribution is -2.26. The third kappa shape index (κ3) is 1.87. The fraction of sp³-hybridized carbons (Fsp3) is 0.143. The molecule has 5 nitrogen and oxygen atoms in total. The smallest absolute Gasteiger partial charge is 0.354 e. The molecule has 1 aromatic heterocycles. The highest BCUT2D eigenvalue weighted by Gasteiger charge is 2.34. The summed E-state index contributed by atoms with van der Waals surface area (Å²) >= 11 is 0. The number of aromatic nitrogens is 1. The number of carboxylic acids is 1. The summed E-state index contributed by atoms with van der Waals surface area (Å²) in [5.74, 6) is -2.05. The van der Waals surface area contributed by atoms with E-state index in [1.807, 2.05) is 0 Å². The molecule has 7 heteroatoms. The Morgan fingerprint density at radius 1 is 1.50 bits per heavy atom. The second-order valence-electron chi connectivity index (χ2n) is 2.37.